The van der Waals surface area contributed by atoms with Crippen molar-refractivity contribution in [1.29, 1.82) is 0 Å². The highest BCUT2D eigenvalue weighted by atomic mass is 19.4. The van der Waals surface area contributed by atoms with E-state index >= 15 is 0 Å². The quantitative estimate of drug-likeness (QED) is 0.677. The van der Waals surface area contributed by atoms with E-state index in [9.17, 15) is 23.2 Å². The SMILES string of the molecule is O=C(NCc1ccc(OCC(F)(F)F)cc1)c1cc[n+]([O-])cc1. The van der Waals surface area contributed by atoms with Crippen molar-refractivity contribution in [2.24, 2.45) is 0 Å². The van der Waals surface area contributed by atoms with Gasteiger partial charge in [-0.05, 0) is 17.7 Å². The van der Waals surface area contributed by atoms with Gasteiger partial charge in [0, 0.05) is 18.7 Å². The topological polar surface area (TPSA) is 65.3 Å². The molecule has 0 saturated heterocycles. The molecule has 8 heteroatoms. The molecule has 1 aromatic heterocycles. The molecule has 0 fully saturated rings. The number of carbonyl (C=O) groups is 1. The highest BCUT2D eigenvalue weighted by Crippen LogP contribution is 2.18. The van der Waals surface area contributed by atoms with Gasteiger partial charge in [0.25, 0.3) is 5.91 Å². The molecular weight excluding hydrogens is 313 g/mol. The molecule has 2 aromatic rings. The van der Waals surface area contributed by atoms with Crippen LogP contribution in [-0.4, -0.2) is 18.7 Å². The van der Waals surface area contributed by atoms with E-state index in [2.05, 4.69) is 10.1 Å². The van der Waals surface area contributed by atoms with Gasteiger partial charge in [-0.3, -0.25) is 4.79 Å². The van der Waals surface area contributed by atoms with Crippen molar-refractivity contribution in [1.82, 2.24) is 5.32 Å². The van der Waals surface area contributed by atoms with E-state index in [1.165, 1.54) is 36.7 Å². The van der Waals surface area contributed by atoms with E-state index in [1.54, 1.807) is 12.1 Å². The molecule has 1 heterocycles. The summed E-state index contributed by atoms with van der Waals surface area (Å²) in [6.45, 7) is -1.15. The third-order valence-corrected chi connectivity index (χ3v) is 2.84. The van der Waals surface area contributed by atoms with Crippen LogP contribution in [0.25, 0.3) is 0 Å². The van der Waals surface area contributed by atoms with Gasteiger partial charge < -0.3 is 15.3 Å². The molecule has 1 aromatic carbocycles. The number of hydrogen-bond acceptors (Lipinski definition) is 3. The maximum atomic E-state index is 12.0. The molecule has 2 rings (SSSR count). The first kappa shape index (κ1) is 16.6. The first-order valence-electron chi connectivity index (χ1n) is 6.59. The van der Waals surface area contributed by atoms with Crippen LogP contribution in [-0.2, 0) is 6.54 Å². The predicted molar refractivity (Wildman–Crippen MR) is 74.6 cm³/mol. The lowest BCUT2D eigenvalue weighted by atomic mass is 10.2. The smallest absolute Gasteiger partial charge is 0.422 e. The average molecular weight is 326 g/mol. The molecule has 0 atom stereocenters. The van der Waals surface area contributed by atoms with Crippen molar-refractivity contribution < 1.29 is 27.4 Å². The molecular formula is C15H13F3N2O3. The van der Waals surface area contributed by atoms with E-state index in [0.29, 0.717) is 15.9 Å². The Morgan fingerprint density at radius 2 is 1.74 bits per heavy atom. The molecule has 5 nitrogen and oxygen atoms in total. The van der Waals surface area contributed by atoms with Crippen LogP contribution in [0, 0.1) is 5.21 Å². The van der Waals surface area contributed by atoms with Gasteiger partial charge in [0.15, 0.2) is 19.0 Å². The molecule has 0 bridgehead atoms. The number of pyridine rings is 1. The maximum absolute atomic E-state index is 12.0. The van der Waals surface area contributed by atoms with Crippen LogP contribution < -0.4 is 14.8 Å². The molecule has 23 heavy (non-hydrogen) atoms. The van der Waals surface area contributed by atoms with Crippen LogP contribution in [0.4, 0.5) is 13.2 Å². The molecule has 0 aliphatic heterocycles. The lowest BCUT2D eigenvalue weighted by Gasteiger charge is -2.10. The van der Waals surface area contributed by atoms with Gasteiger partial charge in [0.05, 0.1) is 5.56 Å². The van der Waals surface area contributed by atoms with Gasteiger partial charge >= 0.3 is 6.18 Å². The van der Waals surface area contributed by atoms with Crippen LogP contribution in [0.2, 0.25) is 0 Å². The molecule has 0 unspecified atom stereocenters. The fourth-order valence-electron chi connectivity index (χ4n) is 1.72. The summed E-state index contributed by atoms with van der Waals surface area (Å²) < 4.78 is 41.2. The molecule has 1 N–H and O–H groups in total. The summed E-state index contributed by atoms with van der Waals surface area (Å²) >= 11 is 0. The van der Waals surface area contributed by atoms with Gasteiger partial charge in [-0.25, -0.2) is 0 Å². The van der Waals surface area contributed by atoms with E-state index in [-0.39, 0.29) is 18.2 Å². The number of halogens is 3. The number of nitrogens with zero attached hydrogens (tertiary/aromatic N) is 1. The van der Waals surface area contributed by atoms with Gasteiger partial charge in [-0.2, -0.15) is 17.9 Å². The van der Waals surface area contributed by atoms with Crippen LogP contribution in [0.15, 0.2) is 48.8 Å². The van der Waals surface area contributed by atoms with Gasteiger partial charge in [-0.15, -0.1) is 0 Å². The van der Waals surface area contributed by atoms with Crippen LogP contribution >= 0.6 is 0 Å². The second kappa shape index (κ2) is 6.99. The van der Waals surface area contributed by atoms with Gasteiger partial charge in [-0.1, -0.05) is 12.1 Å². The van der Waals surface area contributed by atoms with E-state index in [1.807, 2.05) is 0 Å². The highest BCUT2D eigenvalue weighted by molar-refractivity contribution is 5.93. The average Bonchev–Trinajstić information content (AvgIpc) is 2.51. The normalized spacial score (nSPS) is 11.1. The summed E-state index contributed by atoms with van der Waals surface area (Å²) in [5.74, 6) is -0.261. The Kier molecular flexibility index (Phi) is 5.05. The van der Waals surface area contributed by atoms with Crippen molar-refractivity contribution in [2.45, 2.75) is 12.7 Å². The zero-order valence-corrected chi connectivity index (χ0v) is 11.8. The zero-order chi connectivity index (χ0) is 16.9. The number of nitrogens with one attached hydrogen (secondary N) is 1. The summed E-state index contributed by atoms with van der Waals surface area (Å²) in [6, 6.07) is 8.68. The number of hydrogen-bond donors (Lipinski definition) is 1. The number of rotatable bonds is 5. The standard InChI is InChI=1S/C15H13F3N2O3/c16-15(17,18)10-23-13-3-1-11(2-4-13)9-19-14(21)12-5-7-20(22)8-6-12/h1-8H,9-10H2,(H,19,21). The zero-order valence-electron chi connectivity index (χ0n) is 11.8. The van der Waals surface area contributed by atoms with Crippen molar-refractivity contribution in [3.63, 3.8) is 0 Å². The Labute approximate surface area is 129 Å². The Bertz CT molecular complexity index is 655. The summed E-state index contributed by atoms with van der Waals surface area (Å²) in [7, 11) is 0. The summed E-state index contributed by atoms with van der Waals surface area (Å²) in [6.07, 6.45) is -1.96. The van der Waals surface area contributed by atoms with Crippen LogP contribution in [0.1, 0.15) is 15.9 Å². The maximum Gasteiger partial charge on any atom is 0.422 e. The minimum absolute atomic E-state index is 0.0976. The third-order valence-electron chi connectivity index (χ3n) is 2.84. The highest BCUT2D eigenvalue weighted by Gasteiger charge is 2.28. The molecule has 0 aliphatic carbocycles. The van der Waals surface area contributed by atoms with Gasteiger partial charge in [0.1, 0.15) is 5.75 Å². The number of ether oxygens (including phenoxy) is 1. The Morgan fingerprint density at radius 3 is 2.30 bits per heavy atom. The lowest BCUT2D eigenvalue weighted by Crippen LogP contribution is -2.27. The molecule has 0 saturated carbocycles. The summed E-state index contributed by atoms with van der Waals surface area (Å²) in [5, 5.41) is 13.5. The fraction of sp³-hybridized carbons (Fsp3) is 0.200. The van der Waals surface area contributed by atoms with Crippen molar-refractivity contribution in [3.8, 4) is 5.75 Å². The van der Waals surface area contributed by atoms with Crippen molar-refractivity contribution in [2.75, 3.05) is 6.61 Å². The summed E-state index contributed by atoms with van der Waals surface area (Å²) in [4.78, 5) is 11.8. The van der Waals surface area contributed by atoms with E-state index in [0.717, 1.165) is 0 Å². The third kappa shape index (κ3) is 5.50. The minimum Gasteiger partial charge on any atom is -0.619 e. The molecule has 122 valence electrons. The number of alkyl halides is 3. The molecule has 1 amide bonds. The Balaban J connectivity index is 1.86. The van der Waals surface area contributed by atoms with Crippen molar-refractivity contribution >= 4 is 5.91 Å². The van der Waals surface area contributed by atoms with Crippen LogP contribution in [0.5, 0.6) is 5.75 Å². The molecule has 0 spiro atoms. The molecule has 0 aliphatic rings. The van der Waals surface area contributed by atoms with Crippen LogP contribution in [0.3, 0.4) is 0 Å². The summed E-state index contributed by atoms with van der Waals surface area (Å²) in [5.41, 5.74) is 1.04. The van der Waals surface area contributed by atoms with Gasteiger partial charge in [0.2, 0.25) is 0 Å². The number of benzene rings is 1. The predicted octanol–water partition coefficient (Wildman–Crippen LogP) is 2.19. The van der Waals surface area contributed by atoms with E-state index < -0.39 is 12.8 Å². The number of amides is 1. The first-order valence-corrected chi connectivity index (χ1v) is 6.59. The molecule has 0 radical (unpaired) electrons. The largest absolute Gasteiger partial charge is 0.619 e. The van der Waals surface area contributed by atoms with E-state index in [4.69, 9.17) is 0 Å². The van der Waals surface area contributed by atoms with Crippen molar-refractivity contribution in [3.05, 3.63) is 65.1 Å². The second-order valence-electron chi connectivity index (χ2n) is 4.68. The lowest BCUT2D eigenvalue weighted by molar-refractivity contribution is -0.605. The number of carbonyl (C=O) groups excluding carboxylic acids is 1. The fourth-order valence-corrected chi connectivity index (χ4v) is 1.72. The second-order valence-corrected chi connectivity index (χ2v) is 4.68. The monoisotopic (exact) mass is 326 g/mol. The Hall–Kier alpha value is -2.77. The first-order chi connectivity index (χ1) is 10.8. The Morgan fingerprint density at radius 1 is 1.13 bits per heavy atom. The number of aromatic nitrogens is 1. The minimum atomic E-state index is -4.38.